The van der Waals surface area contributed by atoms with Gasteiger partial charge in [-0.1, -0.05) is 30.3 Å². The number of hydrogen-bond acceptors (Lipinski definition) is 1. The van der Waals surface area contributed by atoms with E-state index in [1.807, 2.05) is 24.4 Å². The predicted molar refractivity (Wildman–Crippen MR) is 66.9 cm³/mol. The van der Waals surface area contributed by atoms with Crippen LogP contribution in [0.1, 0.15) is 23.2 Å². The quantitative estimate of drug-likeness (QED) is 0.696. The van der Waals surface area contributed by atoms with E-state index in [1.54, 1.807) is 0 Å². The maximum Gasteiger partial charge on any atom is 0.0632 e. The molecule has 0 spiro atoms. The molecule has 1 aliphatic rings. The Morgan fingerprint density at radius 1 is 0.938 bits per heavy atom. The molecule has 2 aromatic rings. The lowest BCUT2D eigenvalue weighted by Gasteiger charge is -2.00. The standard InChI is InChI=1S/C15H13N/c1-2-7-15-12(5-1)8-9-13(15)11-14-6-3-4-10-16-14/h1-7,10-11H,8-9H2/b13-11+. The van der Waals surface area contributed by atoms with Crippen molar-refractivity contribution in [1.82, 2.24) is 4.98 Å². The van der Waals surface area contributed by atoms with E-state index in [9.17, 15) is 0 Å². The van der Waals surface area contributed by atoms with Gasteiger partial charge in [0, 0.05) is 6.20 Å². The molecule has 0 amide bonds. The minimum Gasteiger partial charge on any atom is -0.257 e. The lowest BCUT2D eigenvalue weighted by Crippen LogP contribution is -1.81. The average Bonchev–Trinajstić information content (AvgIpc) is 2.74. The van der Waals surface area contributed by atoms with Crippen LogP contribution >= 0.6 is 0 Å². The molecule has 0 saturated carbocycles. The van der Waals surface area contributed by atoms with Gasteiger partial charge in [0.15, 0.2) is 0 Å². The molecule has 0 radical (unpaired) electrons. The Labute approximate surface area is 95.5 Å². The number of nitrogens with zero attached hydrogens (tertiary/aromatic N) is 1. The molecule has 16 heavy (non-hydrogen) atoms. The average molecular weight is 207 g/mol. The molecule has 1 heterocycles. The number of benzene rings is 1. The summed E-state index contributed by atoms with van der Waals surface area (Å²) in [6.45, 7) is 0. The highest BCUT2D eigenvalue weighted by molar-refractivity contribution is 5.84. The van der Waals surface area contributed by atoms with Gasteiger partial charge in [0.25, 0.3) is 0 Å². The zero-order chi connectivity index (χ0) is 10.8. The molecule has 0 unspecified atom stereocenters. The van der Waals surface area contributed by atoms with Crippen LogP contribution in [-0.4, -0.2) is 4.98 Å². The molecule has 3 rings (SSSR count). The highest BCUT2D eigenvalue weighted by Crippen LogP contribution is 2.32. The molecule has 0 atom stereocenters. The van der Waals surface area contributed by atoms with E-state index in [-0.39, 0.29) is 0 Å². The number of hydrogen-bond donors (Lipinski definition) is 0. The van der Waals surface area contributed by atoms with Crippen molar-refractivity contribution in [3.63, 3.8) is 0 Å². The SMILES string of the molecule is C(=C1/CCc2ccccc21)/c1ccccn1. The summed E-state index contributed by atoms with van der Waals surface area (Å²) < 4.78 is 0. The largest absolute Gasteiger partial charge is 0.257 e. The third-order valence-electron chi connectivity index (χ3n) is 3.04. The Kier molecular flexibility index (Phi) is 2.30. The fourth-order valence-electron chi connectivity index (χ4n) is 2.25. The summed E-state index contributed by atoms with van der Waals surface area (Å²) in [6, 6.07) is 14.7. The molecule has 0 saturated heterocycles. The number of rotatable bonds is 1. The first kappa shape index (κ1) is 9.34. The second-order valence-corrected chi connectivity index (χ2v) is 4.08. The number of pyridine rings is 1. The summed E-state index contributed by atoms with van der Waals surface area (Å²) in [5.41, 5.74) is 5.32. The van der Waals surface area contributed by atoms with E-state index < -0.39 is 0 Å². The Hall–Kier alpha value is -1.89. The first-order valence-corrected chi connectivity index (χ1v) is 5.63. The number of aryl methyl sites for hydroxylation is 1. The second kappa shape index (κ2) is 3.93. The summed E-state index contributed by atoms with van der Waals surface area (Å²) in [7, 11) is 0. The smallest absolute Gasteiger partial charge is 0.0632 e. The molecule has 0 bridgehead atoms. The molecule has 1 aromatic heterocycles. The first-order chi connectivity index (χ1) is 7.93. The Morgan fingerprint density at radius 2 is 1.81 bits per heavy atom. The maximum atomic E-state index is 4.34. The zero-order valence-corrected chi connectivity index (χ0v) is 9.06. The molecule has 1 heteroatoms. The van der Waals surface area contributed by atoms with Crippen LogP contribution in [0, 0.1) is 0 Å². The zero-order valence-electron chi connectivity index (χ0n) is 9.06. The van der Waals surface area contributed by atoms with E-state index >= 15 is 0 Å². The van der Waals surface area contributed by atoms with Crippen molar-refractivity contribution in [2.24, 2.45) is 0 Å². The fraction of sp³-hybridized carbons (Fsp3) is 0.133. The van der Waals surface area contributed by atoms with Gasteiger partial charge in [-0.3, -0.25) is 4.98 Å². The number of aromatic nitrogens is 1. The summed E-state index contributed by atoms with van der Waals surface area (Å²) >= 11 is 0. The monoisotopic (exact) mass is 207 g/mol. The van der Waals surface area contributed by atoms with Gasteiger partial charge in [-0.05, 0) is 47.8 Å². The first-order valence-electron chi connectivity index (χ1n) is 5.63. The van der Waals surface area contributed by atoms with Crippen molar-refractivity contribution in [2.45, 2.75) is 12.8 Å². The topological polar surface area (TPSA) is 12.9 Å². The highest BCUT2D eigenvalue weighted by Gasteiger charge is 2.14. The van der Waals surface area contributed by atoms with Crippen LogP contribution in [0.2, 0.25) is 0 Å². The van der Waals surface area contributed by atoms with E-state index in [4.69, 9.17) is 0 Å². The van der Waals surface area contributed by atoms with E-state index in [0.29, 0.717) is 0 Å². The molecule has 78 valence electrons. The van der Waals surface area contributed by atoms with Gasteiger partial charge >= 0.3 is 0 Å². The van der Waals surface area contributed by atoms with Crippen molar-refractivity contribution in [3.8, 4) is 0 Å². The summed E-state index contributed by atoms with van der Waals surface area (Å²) in [5.74, 6) is 0. The minimum absolute atomic E-state index is 1.05. The highest BCUT2D eigenvalue weighted by atomic mass is 14.6. The molecular formula is C15H13N. The van der Waals surface area contributed by atoms with Crippen LogP contribution < -0.4 is 0 Å². The van der Waals surface area contributed by atoms with E-state index in [1.165, 1.54) is 16.7 Å². The number of allylic oxidation sites excluding steroid dienone is 1. The Balaban J connectivity index is 2.02. The summed E-state index contributed by atoms with van der Waals surface area (Å²) in [5, 5.41) is 0. The van der Waals surface area contributed by atoms with Crippen LogP contribution in [0.15, 0.2) is 48.7 Å². The molecule has 1 aromatic carbocycles. The number of fused-ring (bicyclic) bond motifs is 1. The third kappa shape index (κ3) is 1.65. The van der Waals surface area contributed by atoms with Gasteiger partial charge in [-0.15, -0.1) is 0 Å². The molecular weight excluding hydrogens is 194 g/mol. The summed E-state index contributed by atoms with van der Waals surface area (Å²) in [4.78, 5) is 4.34. The molecule has 0 N–H and O–H groups in total. The van der Waals surface area contributed by atoms with Gasteiger partial charge in [-0.25, -0.2) is 0 Å². The van der Waals surface area contributed by atoms with Gasteiger partial charge in [-0.2, -0.15) is 0 Å². The Morgan fingerprint density at radius 3 is 2.69 bits per heavy atom. The van der Waals surface area contributed by atoms with Gasteiger partial charge < -0.3 is 0 Å². The summed E-state index contributed by atoms with van der Waals surface area (Å²) in [6.07, 6.45) is 6.34. The van der Waals surface area contributed by atoms with Crippen molar-refractivity contribution in [1.29, 1.82) is 0 Å². The minimum atomic E-state index is 1.05. The Bertz CT molecular complexity index is 526. The van der Waals surface area contributed by atoms with E-state index in [0.717, 1.165) is 18.5 Å². The van der Waals surface area contributed by atoms with E-state index in [2.05, 4.69) is 35.3 Å². The third-order valence-corrected chi connectivity index (χ3v) is 3.04. The maximum absolute atomic E-state index is 4.34. The van der Waals surface area contributed by atoms with Gasteiger partial charge in [0.05, 0.1) is 5.69 Å². The van der Waals surface area contributed by atoms with Crippen molar-refractivity contribution >= 4 is 11.6 Å². The molecule has 0 aliphatic heterocycles. The normalized spacial score (nSPS) is 16.4. The molecule has 1 nitrogen and oxygen atoms in total. The van der Waals surface area contributed by atoms with Crippen LogP contribution in [0.5, 0.6) is 0 Å². The van der Waals surface area contributed by atoms with Crippen molar-refractivity contribution in [2.75, 3.05) is 0 Å². The van der Waals surface area contributed by atoms with Crippen LogP contribution in [0.25, 0.3) is 11.6 Å². The fourth-order valence-corrected chi connectivity index (χ4v) is 2.25. The van der Waals surface area contributed by atoms with Crippen molar-refractivity contribution < 1.29 is 0 Å². The lowest BCUT2D eigenvalue weighted by molar-refractivity contribution is 1.08. The van der Waals surface area contributed by atoms with Crippen LogP contribution in [-0.2, 0) is 6.42 Å². The van der Waals surface area contributed by atoms with Crippen LogP contribution in [0.4, 0.5) is 0 Å². The van der Waals surface area contributed by atoms with Crippen molar-refractivity contribution in [3.05, 3.63) is 65.5 Å². The second-order valence-electron chi connectivity index (χ2n) is 4.08. The lowest BCUT2D eigenvalue weighted by atomic mass is 10.1. The van der Waals surface area contributed by atoms with Crippen LogP contribution in [0.3, 0.4) is 0 Å². The molecule has 1 aliphatic carbocycles. The predicted octanol–water partition coefficient (Wildman–Crippen LogP) is 3.57. The molecule has 0 fully saturated rings. The van der Waals surface area contributed by atoms with Gasteiger partial charge in [0.1, 0.15) is 0 Å². The van der Waals surface area contributed by atoms with Gasteiger partial charge in [0.2, 0.25) is 0 Å².